The standard InChI is InChI=1S/C15H19N3O2/c19-11-12-6-8-18(10-12)9-7-14-16-15(17-20-14)13-4-2-1-3-5-13/h1-5,12,19H,6-11H2. The quantitative estimate of drug-likeness (QED) is 0.896. The molecule has 5 nitrogen and oxygen atoms in total. The van der Waals surface area contributed by atoms with E-state index in [1.54, 1.807) is 0 Å². The number of likely N-dealkylation sites (tertiary alicyclic amines) is 1. The fourth-order valence-electron chi connectivity index (χ4n) is 2.58. The van der Waals surface area contributed by atoms with E-state index in [9.17, 15) is 0 Å². The first kappa shape index (κ1) is 13.3. The van der Waals surface area contributed by atoms with Gasteiger partial charge in [-0.05, 0) is 18.9 Å². The van der Waals surface area contributed by atoms with Crippen LogP contribution in [0, 0.1) is 5.92 Å². The van der Waals surface area contributed by atoms with Crippen LogP contribution in [0.4, 0.5) is 0 Å². The van der Waals surface area contributed by atoms with Crippen LogP contribution in [0.5, 0.6) is 0 Å². The molecule has 1 N–H and O–H groups in total. The Labute approximate surface area is 118 Å². The summed E-state index contributed by atoms with van der Waals surface area (Å²) in [5.74, 6) is 1.75. The fraction of sp³-hybridized carbons (Fsp3) is 0.467. The number of benzene rings is 1. The summed E-state index contributed by atoms with van der Waals surface area (Å²) in [5, 5.41) is 13.1. The van der Waals surface area contributed by atoms with E-state index in [0.29, 0.717) is 17.6 Å². The lowest BCUT2D eigenvalue weighted by atomic mass is 10.1. The molecule has 0 bridgehead atoms. The predicted molar refractivity (Wildman–Crippen MR) is 75.1 cm³/mol. The lowest BCUT2D eigenvalue weighted by Gasteiger charge is -2.13. The van der Waals surface area contributed by atoms with E-state index in [4.69, 9.17) is 9.63 Å². The van der Waals surface area contributed by atoms with Crippen molar-refractivity contribution in [2.45, 2.75) is 12.8 Å². The first-order valence-corrected chi connectivity index (χ1v) is 7.06. The molecule has 0 spiro atoms. The van der Waals surface area contributed by atoms with Crippen LogP contribution in [-0.2, 0) is 6.42 Å². The van der Waals surface area contributed by atoms with Gasteiger partial charge in [0, 0.05) is 31.7 Å². The largest absolute Gasteiger partial charge is 0.396 e. The summed E-state index contributed by atoms with van der Waals surface area (Å²) >= 11 is 0. The molecule has 0 amide bonds. The number of rotatable bonds is 5. The van der Waals surface area contributed by atoms with Crippen LogP contribution in [-0.4, -0.2) is 46.4 Å². The Balaban J connectivity index is 1.56. The molecule has 1 fully saturated rings. The minimum Gasteiger partial charge on any atom is -0.396 e. The number of nitrogens with zero attached hydrogens (tertiary/aromatic N) is 3. The third-order valence-electron chi connectivity index (χ3n) is 3.77. The Bertz CT molecular complexity index is 541. The molecule has 1 saturated heterocycles. The summed E-state index contributed by atoms with van der Waals surface area (Å²) in [6, 6.07) is 9.84. The second-order valence-corrected chi connectivity index (χ2v) is 5.27. The summed E-state index contributed by atoms with van der Waals surface area (Å²) in [4.78, 5) is 6.77. The van der Waals surface area contributed by atoms with E-state index in [1.165, 1.54) is 0 Å². The molecule has 106 valence electrons. The average molecular weight is 273 g/mol. The molecule has 1 aliphatic rings. The predicted octanol–water partition coefficient (Wildman–Crippen LogP) is 1.59. The van der Waals surface area contributed by atoms with Crippen LogP contribution in [0.15, 0.2) is 34.9 Å². The van der Waals surface area contributed by atoms with Crippen molar-refractivity contribution in [3.8, 4) is 11.4 Å². The summed E-state index contributed by atoms with van der Waals surface area (Å²) in [7, 11) is 0. The Kier molecular flexibility index (Phi) is 4.08. The van der Waals surface area contributed by atoms with Crippen LogP contribution in [0.2, 0.25) is 0 Å². The van der Waals surface area contributed by atoms with Crippen molar-refractivity contribution in [3.05, 3.63) is 36.2 Å². The lowest BCUT2D eigenvalue weighted by Crippen LogP contribution is -2.24. The summed E-state index contributed by atoms with van der Waals surface area (Å²) in [6.07, 6.45) is 1.84. The van der Waals surface area contributed by atoms with Crippen LogP contribution in [0.25, 0.3) is 11.4 Å². The Morgan fingerprint density at radius 1 is 1.30 bits per heavy atom. The molecule has 1 aromatic carbocycles. The highest BCUT2D eigenvalue weighted by Crippen LogP contribution is 2.17. The third-order valence-corrected chi connectivity index (χ3v) is 3.77. The van der Waals surface area contributed by atoms with Gasteiger partial charge in [-0.15, -0.1) is 0 Å². The highest BCUT2D eigenvalue weighted by Gasteiger charge is 2.21. The smallest absolute Gasteiger partial charge is 0.228 e. The van der Waals surface area contributed by atoms with E-state index in [2.05, 4.69) is 15.0 Å². The van der Waals surface area contributed by atoms with Crippen molar-refractivity contribution < 1.29 is 9.63 Å². The van der Waals surface area contributed by atoms with Crippen molar-refractivity contribution >= 4 is 0 Å². The van der Waals surface area contributed by atoms with Crippen molar-refractivity contribution in [2.75, 3.05) is 26.2 Å². The summed E-state index contributed by atoms with van der Waals surface area (Å²) in [6.45, 7) is 3.21. The number of aromatic nitrogens is 2. The molecule has 0 aliphatic carbocycles. The fourth-order valence-corrected chi connectivity index (χ4v) is 2.58. The minimum atomic E-state index is 0.287. The van der Waals surface area contributed by atoms with Crippen molar-refractivity contribution in [3.63, 3.8) is 0 Å². The molecule has 2 heterocycles. The Morgan fingerprint density at radius 2 is 2.15 bits per heavy atom. The van der Waals surface area contributed by atoms with E-state index in [1.807, 2.05) is 30.3 Å². The van der Waals surface area contributed by atoms with Gasteiger partial charge in [-0.3, -0.25) is 0 Å². The lowest BCUT2D eigenvalue weighted by molar-refractivity contribution is 0.220. The molecule has 1 unspecified atom stereocenters. The van der Waals surface area contributed by atoms with Crippen molar-refractivity contribution in [1.82, 2.24) is 15.0 Å². The van der Waals surface area contributed by atoms with E-state index >= 15 is 0 Å². The zero-order chi connectivity index (χ0) is 13.8. The van der Waals surface area contributed by atoms with Gasteiger partial charge in [0.05, 0.1) is 0 Å². The van der Waals surface area contributed by atoms with Crippen molar-refractivity contribution in [1.29, 1.82) is 0 Å². The monoisotopic (exact) mass is 273 g/mol. The molecule has 20 heavy (non-hydrogen) atoms. The van der Waals surface area contributed by atoms with Gasteiger partial charge in [-0.1, -0.05) is 35.5 Å². The van der Waals surface area contributed by atoms with Gasteiger partial charge in [0.2, 0.25) is 11.7 Å². The molecular weight excluding hydrogens is 254 g/mol. The number of hydrogen-bond donors (Lipinski definition) is 1. The normalized spacial score (nSPS) is 19.6. The third kappa shape index (κ3) is 3.05. The minimum absolute atomic E-state index is 0.287. The second kappa shape index (κ2) is 6.15. The molecule has 2 aromatic rings. The van der Waals surface area contributed by atoms with Crippen LogP contribution in [0.1, 0.15) is 12.3 Å². The van der Waals surface area contributed by atoms with Gasteiger partial charge >= 0.3 is 0 Å². The maximum Gasteiger partial charge on any atom is 0.228 e. The molecule has 0 radical (unpaired) electrons. The highest BCUT2D eigenvalue weighted by atomic mass is 16.5. The topological polar surface area (TPSA) is 62.4 Å². The number of hydrogen-bond acceptors (Lipinski definition) is 5. The van der Waals surface area contributed by atoms with Gasteiger partial charge in [0.1, 0.15) is 0 Å². The summed E-state index contributed by atoms with van der Waals surface area (Å²) < 4.78 is 5.29. The van der Waals surface area contributed by atoms with Gasteiger partial charge in [0.15, 0.2) is 0 Å². The van der Waals surface area contributed by atoms with E-state index in [-0.39, 0.29) is 6.61 Å². The highest BCUT2D eigenvalue weighted by molar-refractivity contribution is 5.53. The van der Waals surface area contributed by atoms with Crippen LogP contribution < -0.4 is 0 Å². The van der Waals surface area contributed by atoms with Gasteiger partial charge in [-0.2, -0.15) is 4.98 Å². The zero-order valence-corrected chi connectivity index (χ0v) is 11.4. The zero-order valence-electron chi connectivity index (χ0n) is 11.4. The molecule has 0 saturated carbocycles. The summed E-state index contributed by atoms with van der Waals surface area (Å²) in [5.41, 5.74) is 0.976. The van der Waals surface area contributed by atoms with Gasteiger partial charge < -0.3 is 14.5 Å². The first-order chi connectivity index (χ1) is 9.85. The molecular formula is C15H19N3O2. The Morgan fingerprint density at radius 3 is 2.90 bits per heavy atom. The van der Waals surface area contributed by atoms with Crippen molar-refractivity contribution in [2.24, 2.45) is 5.92 Å². The maximum atomic E-state index is 9.13. The molecule has 1 aromatic heterocycles. The molecule has 1 aliphatic heterocycles. The van der Waals surface area contributed by atoms with E-state index < -0.39 is 0 Å². The Hall–Kier alpha value is -1.72. The SMILES string of the molecule is OCC1CCN(CCc2nc(-c3ccccc3)no2)C1. The van der Waals surface area contributed by atoms with E-state index in [0.717, 1.165) is 38.0 Å². The average Bonchev–Trinajstić information content (AvgIpc) is 3.15. The molecule has 1 atom stereocenters. The van der Waals surface area contributed by atoms with Gasteiger partial charge in [0.25, 0.3) is 0 Å². The first-order valence-electron chi connectivity index (χ1n) is 7.06. The molecule has 3 rings (SSSR count). The number of aliphatic hydroxyl groups is 1. The molecule has 5 heteroatoms. The number of aliphatic hydroxyl groups excluding tert-OH is 1. The van der Waals surface area contributed by atoms with Gasteiger partial charge in [-0.25, -0.2) is 0 Å². The van der Waals surface area contributed by atoms with Crippen LogP contribution >= 0.6 is 0 Å². The maximum absolute atomic E-state index is 9.13. The van der Waals surface area contributed by atoms with Crippen LogP contribution in [0.3, 0.4) is 0 Å². The second-order valence-electron chi connectivity index (χ2n) is 5.27.